The average Bonchev–Trinajstić information content (AvgIpc) is 2.41. The first kappa shape index (κ1) is 19.4. The summed E-state index contributed by atoms with van der Waals surface area (Å²) in [6.07, 6.45) is 4.59. The quantitative estimate of drug-likeness (QED) is 0.333. The van der Waals surface area contributed by atoms with Crippen LogP contribution in [0.4, 0.5) is 0 Å². The molecule has 0 spiro atoms. The van der Waals surface area contributed by atoms with E-state index in [1.54, 1.807) is 6.92 Å². The Hall–Kier alpha value is -0.613. The molecule has 0 rings (SSSR count). The Kier molecular flexibility index (Phi) is 10.8. The number of carbonyl (C=O) groups excluding carboxylic acids is 1. The molecule has 0 amide bonds. The minimum atomic E-state index is -0.533. The van der Waals surface area contributed by atoms with Crippen LogP contribution in [0.1, 0.15) is 60.3 Å². The molecule has 0 aliphatic carbocycles. The number of ether oxygens (including phenoxy) is 2. The number of hydrogen-bond acceptors (Lipinski definition) is 3. The molecule has 0 saturated heterocycles. The molecule has 4 heteroatoms. The van der Waals surface area contributed by atoms with Crippen LogP contribution in [0, 0.1) is 0 Å². The van der Waals surface area contributed by atoms with E-state index in [1.165, 1.54) is 0 Å². The van der Waals surface area contributed by atoms with Crippen molar-refractivity contribution >= 4 is 15.5 Å². The van der Waals surface area contributed by atoms with Gasteiger partial charge in [-0.05, 0) is 32.7 Å². The molecule has 0 aliphatic rings. The summed E-state index contributed by atoms with van der Waals surface area (Å²) in [7, 11) is -0.533. The van der Waals surface area contributed by atoms with E-state index in [0.717, 1.165) is 32.3 Å². The molecule has 0 N–H and O–H groups in total. The number of hydrogen-bond donors (Lipinski definition) is 0. The maximum absolute atomic E-state index is 11.8. The first-order valence-electron chi connectivity index (χ1n) is 7.94. The van der Waals surface area contributed by atoms with Gasteiger partial charge in [-0.25, -0.2) is 4.79 Å². The van der Waals surface area contributed by atoms with Crippen molar-refractivity contribution in [3.63, 3.8) is 0 Å². The van der Waals surface area contributed by atoms with Crippen LogP contribution in [0.15, 0.2) is 12.2 Å². The van der Waals surface area contributed by atoms with E-state index in [1.807, 2.05) is 6.92 Å². The molecule has 3 atom stereocenters. The summed E-state index contributed by atoms with van der Waals surface area (Å²) in [5, 5.41) is 0. The topological polar surface area (TPSA) is 35.5 Å². The minimum Gasteiger partial charge on any atom is -0.464 e. The molecule has 0 heterocycles. The van der Waals surface area contributed by atoms with Crippen molar-refractivity contribution in [2.75, 3.05) is 6.61 Å². The maximum Gasteiger partial charge on any atom is 0.333 e. The summed E-state index contributed by atoms with van der Waals surface area (Å²) in [5.41, 5.74) is 1.17. The second-order valence-electron chi connectivity index (χ2n) is 5.51. The fourth-order valence-electron chi connectivity index (χ4n) is 2.34. The first-order valence-corrected chi connectivity index (χ1v) is 9.57. The van der Waals surface area contributed by atoms with Gasteiger partial charge in [0.1, 0.15) is 0 Å². The van der Waals surface area contributed by atoms with Crippen LogP contribution in [0.3, 0.4) is 0 Å². The van der Waals surface area contributed by atoms with Crippen LogP contribution >= 0.6 is 0 Å². The lowest BCUT2D eigenvalue weighted by molar-refractivity contribution is -0.141. The summed E-state index contributed by atoms with van der Waals surface area (Å²) < 4.78 is 11.4. The molecule has 0 bridgehead atoms. The largest absolute Gasteiger partial charge is 0.464 e. The van der Waals surface area contributed by atoms with Crippen LogP contribution < -0.4 is 0 Å². The third-order valence-electron chi connectivity index (χ3n) is 3.69. The van der Waals surface area contributed by atoms with Gasteiger partial charge in [0, 0.05) is 12.2 Å². The van der Waals surface area contributed by atoms with E-state index >= 15 is 0 Å². The number of unbranched alkanes of at least 4 members (excludes halogenated alkanes) is 1. The second-order valence-corrected chi connectivity index (χ2v) is 7.95. The molecule has 20 heavy (non-hydrogen) atoms. The molecular weight excluding hydrogens is 268 g/mol. The maximum atomic E-state index is 11.8. The molecule has 0 saturated carbocycles. The molecule has 3 unspecified atom stereocenters. The van der Waals surface area contributed by atoms with E-state index in [2.05, 4.69) is 27.4 Å². The molecule has 0 radical (unpaired) electrons. The van der Waals surface area contributed by atoms with Crippen molar-refractivity contribution in [2.24, 2.45) is 0 Å². The molecule has 0 aromatic rings. The van der Waals surface area contributed by atoms with Gasteiger partial charge >= 0.3 is 5.97 Å². The van der Waals surface area contributed by atoms with E-state index in [-0.39, 0.29) is 17.8 Å². The van der Waals surface area contributed by atoms with Crippen LogP contribution in [0.5, 0.6) is 0 Å². The Labute approximate surface area is 126 Å². The zero-order chi connectivity index (χ0) is 15.5. The molecule has 0 aromatic heterocycles. The number of rotatable bonds is 11. The standard InChI is InChI=1S/C16H32O3Si/c1-7-10-11-15(19-16(17)12(4)5)20-14(8-2)13(6)18-9-3/h13-15H,4,7-11,20H2,1-3,5-6H3. The third kappa shape index (κ3) is 7.85. The lowest BCUT2D eigenvalue weighted by Crippen LogP contribution is -2.32. The monoisotopic (exact) mass is 300 g/mol. The van der Waals surface area contributed by atoms with Gasteiger partial charge in [0.2, 0.25) is 0 Å². The second kappa shape index (κ2) is 11.1. The van der Waals surface area contributed by atoms with Crippen LogP contribution in [-0.4, -0.2) is 33.9 Å². The van der Waals surface area contributed by atoms with Gasteiger partial charge in [0.25, 0.3) is 0 Å². The molecule has 0 fully saturated rings. The van der Waals surface area contributed by atoms with E-state index < -0.39 is 9.52 Å². The van der Waals surface area contributed by atoms with E-state index in [9.17, 15) is 4.79 Å². The smallest absolute Gasteiger partial charge is 0.333 e. The summed E-state index contributed by atoms with van der Waals surface area (Å²) in [6.45, 7) is 14.7. The van der Waals surface area contributed by atoms with Gasteiger partial charge < -0.3 is 9.47 Å². The van der Waals surface area contributed by atoms with Crippen molar-refractivity contribution in [3.05, 3.63) is 12.2 Å². The Morgan fingerprint density at radius 1 is 1.30 bits per heavy atom. The molecular formula is C16H32O3Si. The van der Waals surface area contributed by atoms with Gasteiger partial charge in [0.05, 0.1) is 21.4 Å². The molecule has 3 nitrogen and oxygen atoms in total. The fourth-order valence-corrected chi connectivity index (χ4v) is 4.64. The summed E-state index contributed by atoms with van der Waals surface area (Å²) >= 11 is 0. The highest BCUT2D eigenvalue weighted by atomic mass is 28.2. The van der Waals surface area contributed by atoms with Crippen molar-refractivity contribution in [2.45, 2.75) is 77.7 Å². The van der Waals surface area contributed by atoms with Crippen LogP contribution in [-0.2, 0) is 14.3 Å². The Bertz CT molecular complexity index is 291. The van der Waals surface area contributed by atoms with Crippen molar-refractivity contribution < 1.29 is 14.3 Å². The average molecular weight is 301 g/mol. The predicted octanol–water partition coefficient (Wildman–Crippen LogP) is 3.41. The third-order valence-corrected chi connectivity index (χ3v) is 6.63. The van der Waals surface area contributed by atoms with Gasteiger partial charge in [-0.15, -0.1) is 0 Å². The van der Waals surface area contributed by atoms with Crippen LogP contribution in [0.25, 0.3) is 0 Å². The highest BCUT2D eigenvalue weighted by Gasteiger charge is 2.24. The lowest BCUT2D eigenvalue weighted by Gasteiger charge is -2.27. The number of carbonyl (C=O) groups is 1. The molecule has 0 aromatic carbocycles. The minimum absolute atomic E-state index is 0.118. The zero-order valence-electron chi connectivity index (χ0n) is 13.9. The normalized spacial score (nSPS) is 16.1. The molecule has 0 aliphatic heterocycles. The van der Waals surface area contributed by atoms with Gasteiger partial charge in [0.15, 0.2) is 0 Å². The van der Waals surface area contributed by atoms with Gasteiger partial charge in [-0.1, -0.05) is 39.7 Å². The fraction of sp³-hybridized carbons (Fsp3) is 0.812. The highest BCUT2D eigenvalue weighted by molar-refractivity contribution is 6.39. The highest BCUT2D eigenvalue weighted by Crippen LogP contribution is 2.21. The van der Waals surface area contributed by atoms with Crippen molar-refractivity contribution in [1.29, 1.82) is 0 Å². The Morgan fingerprint density at radius 2 is 1.95 bits per heavy atom. The number of esters is 1. The van der Waals surface area contributed by atoms with E-state index in [0.29, 0.717) is 11.1 Å². The first-order chi connectivity index (χ1) is 9.46. The van der Waals surface area contributed by atoms with Crippen molar-refractivity contribution in [1.82, 2.24) is 0 Å². The van der Waals surface area contributed by atoms with Gasteiger partial charge in [-0.2, -0.15) is 0 Å². The van der Waals surface area contributed by atoms with Crippen molar-refractivity contribution in [3.8, 4) is 0 Å². The predicted molar refractivity (Wildman–Crippen MR) is 87.9 cm³/mol. The Balaban J connectivity index is 4.58. The lowest BCUT2D eigenvalue weighted by atomic mass is 10.2. The summed E-state index contributed by atoms with van der Waals surface area (Å²) in [4.78, 5) is 11.8. The Morgan fingerprint density at radius 3 is 2.40 bits per heavy atom. The van der Waals surface area contributed by atoms with E-state index in [4.69, 9.17) is 9.47 Å². The SMILES string of the molecule is C=C(C)C(=O)OC(CCCC)[SiH2]C(CC)C(C)OCC. The molecule has 118 valence electrons. The summed E-state index contributed by atoms with van der Waals surface area (Å²) in [5.74, 6) is -0.238. The van der Waals surface area contributed by atoms with Crippen LogP contribution in [0.2, 0.25) is 5.54 Å². The van der Waals surface area contributed by atoms with Gasteiger partial charge in [-0.3, -0.25) is 0 Å². The summed E-state index contributed by atoms with van der Waals surface area (Å²) in [6, 6.07) is 0. The zero-order valence-corrected chi connectivity index (χ0v) is 15.3.